The lowest BCUT2D eigenvalue weighted by atomic mass is 10.2. The average Bonchev–Trinajstić information content (AvgIpc) is 2.55. The molecule has 80 valence electrons. The molecular formula is C10H17NO3. The van der Waals surface area contributed by atoms with Gasteiger partial charge >= 0.3 is 0 Å². The van der Waals surface area contributed by atoms with E-state index in [-0.39, 0.29) is 24.2 Å². The van der Waals surface area contributed by atoms with Crippen LogP contribution in [-0.2, 0) is 14.3 Å². The minimum atomic E-state index is -0.326. The second kappa shape index (κ2) is 3.87. The van der Waals surface area contributed by atoms with Crippen molar-refractivity contribution >= 4 is 5.91 Å². The smallest absolute Gasteiger partial charge is 0.251 e. The molecule has 14 heavy (non-hydrogen) atoms. The number of hydrogen-bond donors (Lipinski definition) is 0. The summed E-state index contributed by atoms with van der Waals surface area (Å²) in [6, 6.07) is 0. The van der Waals surface area contributed by atoms with Gasteiger partial charge in [0.05, 0.1) is 12.2 Å². The van der Waals surface area contributed by atoms with E-state index >= 15 is 0 Å². The molecule has 0 aromatic rings. The van der Waals surface area contributed by atoms with Crippen molar-refractivity contribution < 1.29 is 14.3 Å². The molecule has 2 aliphatic rings. The van der Waals surface area contributed by atoms with E-state index in [4.69, 9.17) is 9.47 Å². The zero-order valence-corrected chi connectivity index (χ0v) is 8.73. The first-order valence-electron chi connectivity index (χ1n) is 5.17. The number of hydrogen-bond acceptors (Lipinski definition) is 3. The van der Waals surface area contributed by atoms with Gasteiger partial charge in [-0.3, -0.25) is 4.79 Å². The molecule has 0 N–H and O–H groups in total. The van der Waals surface area contributed by atoms with Gasteiger partial charge in [-0.05, 0) is 19.8 Å². The van der Waals surface area contributed by atoms with Crippen LogP contribution < -0.4 is 0 Å². The standard InChI is InChI=1S/C10H17NO3/c1-7(13-2)10(12)11-5-8-3-4-9(6-11)14-8/h7-9H,3-6H2,1-2H3. The van der Waals surface area contributed by atoms with Gasteiger partial charge in [0, 0.05) is 20.2 Å². The monoisotopic (exact) mass is 199 g/mol. The quantitative estimate of drug-likeness (QED) is 0.646. The van der Waals surface area contributed by atoms with E-state index in [0.29, 0.717) is 0 Å². The van der Waals surface area contributed by atoms with Crippen molar-refractivity contribution in [3.63, 3.8) is 0 Å². The summed E-state index contributed by atoms with van der Waals surface area (Å²) in [7, 11) is 1.57. The molecule has 0 aliphatic carbocycles. The van der Waals surface area contributed by atoms with Crippen molar-refractivity contribution in [2.24, 2.45) is 0 Å². The Morgan fingerprint density at radius 2 is 2.00 bits per heavy atom. The number of amides is 1. The van der Waals surface area contributed by atoms with Crippen LogP contribution in [0, 0.1) is 0 Å². The maximum absolute atomic E-state index is 11.8. The lowest BCUT2D eigenvalue weighted by Gasteiger charge is -2.33. The molecule has 0 radical (unpaired) electrons. The largest absolute Gasteiger partial charge is 0.372 e. The third-order valence-electron chi connectivity index (χ3n) is 3.06. The van der Waals surface area contributed by atoms with E-state index in [9.17, 15) is 4.79 Å². The average molecular weight is 199 g/mol. The number of methoxy groups -OCH3 is 1. The van der Waals surface area contributed by atoms with E-state index in [1.165, 1.54) is 0 Å². The zero-order valence-electron chi connectivity index (χ0n) is 8.73. The number of rotatable bonds is 2. The Hall–Kier alpha value is -0.610. The molecule has 3 atom stereocenters. The SMILES string of the molecule is COC(C)C(=O)N1CC2CCC(C1)O2. The first-order chi connectivity index (χ1) is 6.70. The minimum absolute atomic E-state index is 0.0905. The summed E-state index contributed by atoms with van der Waals surface area (Å²) in [5, 5.41) is 0. The Bertz CT molecular complexity index is 219. The summed E-state index contributed by atoms with van der Waals surface area (Å²) in [5.41, 5.74) is 0. The van der Waals surface area contributed by atoms with Crippen LogP contribution in [0.4, 0.5) is 0 Å². The van der Waals surface area contributed by atoms with E-state index in [1.54, 1.807) is 14.0 Å². The van der Waals surface area contributed by atoms with Gasteiger partial charge in [0.2, 0.25) is 0 Å². The molecule has 2 fully saturated rings. The van der Waals surface area contributed by atoms with Crippen molar-refractivity contribution in [3.05, 3.63) is 0 Å². The molecule has 0 spiro atoms. The van der Waals surface area contributed by atoms with Gasteiger partial charge in [-0.1, -0.05) is 0 Å². The highest BCUT2D eigenvalue weighted by Crippen LogP contribution is 2.26. The van der Waals surface area contributed by atoms with Crippen molar-refractivity contribution in [1.29, 1.82) is 0 Å². The molecule has 1 amide bonds. The van der Waals surface area contributed by atoms with Crippen LogP contribution in [0.15, 0.2) is 0 Å². The second-order valence-electron chi connectivity index (χ2n) is 4.08. The molecule has 2 aliphatic heterocycles. The molecule has 2 bridgehead atoms. The predicted octanol–water partition coefficient (Wildman–Crippen LogP) is 0.411. The molecule has 2 rings (SSSR count). The van der Waals surface area contributed by atoms with Crippen LogP contribution in [0.5, 0.6) is 0 Å². The first-order valence-corrected chi connectivity index (χ1v) is 5.17. The number of fused-ring (bicyclic) bond motifs is 2. The van der Waals surface area contributed by atoms with Crippen LogP contribution in [0.2, 0.25) is 0 Å². The van der Waals surface area contributed by atoms with Crippen molar-refractivity contribution in [1.82, 2.24) is 4.90 Å². The van der Waals surface area contributed by atoms with Crippen molar-refractivity contribution in [2.45, 2.75) is 38.1 Å². The topological polar surface area (TPSA) is 38.8 Å². The fraction of sp³-hybridized carbons (Fsp3) is 0.900. The Morgan fingerprint density at radius 3 is 2.50 bits per heavy atom. The molecule has 3 unspecified atom stereocenters. The summed E-state index contributed by atoms with van der Waals surface area (Å²) in [6.45, 7) is 3.27. The highest BCUT2D eigenvalue weighted by atomic mass is 16.5. The van der Waals surface area contributed by atoms with Crippen LogP contribution >= 0.6 is 0 Å². The number of likely N-dealkylation sites (tertiary alicyclic amines) is 1. The van der Waals surface area contributed by atoms with Crippen LogP contribution in [0.3, 0.4) is 0 Å². The fourth-order valence-corrected chi connectivity index (χ4v) is 2.15. The molecule has 2 saturated heterocycles. The number of carbonyl (C=O) groups excluding carboxylic acids is 1. The molecular weight excluding hydrogens is 182 g/mol. The maximum atomic E-state index is 11.8. The number of nitrogens with zero attached hydrogens (tertiary/aromatic N) is 1. The number of ether oxygens (including phenoxy) is 2. The van der Waals surface area contributed by atoms with Gasteiger partial charge in [0.25, 0.3) is 5.91 Å². The third-order valence-corrected chi connectivity index (χ3v) is 3.06. The van der Waals surface area contributed by atoms with Crippen LogP contribution in [-0.4, -0.2) is 49.3 Å². The molecule has 4 heteroatoms. The van der Waals surface area contributed by atoms with Crippen molar-refractivity contribution in [2.75, 3.05) is 20.2 Å². The Kier molecular flexibility index (Phi) is 2.74. The summed E-state index contributed by atoms with van der Waals surface area (Å²) >= 11 is 0. The van der Waals surface area contributed by atoms with Gasteiger partial charge in [-0.25, -0.2) is 0 Å². The van der Waals surface area contributed by atoms with Gasteiger partial charge < -0.3 is 14.4 Å². The normalized spacial score (nSPS) is 33.1. The molecule has 2 heterocycles. The lowest BCUT2D eigenvalue weighted by molar-refractivity contribution is -0.149. The number of carbonyl (C=O) groups is 1. The van der Waals surface area contributed by atoms with E-state index in [1.807, 2.05) is 4.90 Å². The van der Waals surface area contributed by atoms with Gasteiger partial charge in [0.1, 0.15) is 6.10 Å². The Morgan fingerprint density at radius 1 is 1.43 bits per heavy atom. The fourth-order valence-electron chi connectivity index (χ4n) is 2.15. The first kappa shape index (κ1) is 9.93. The van der Waals surface area contributed by atoms with Crippen LogP contribution in [0.1, 0.15) is 19.8 Å². The van der Waals surface area contributed by atoms with E-state index < -0.39 is 0 Å². The Labute approximate surface area is 84.2 Å². The van der Waals surface area contributed by atoms with Gasteiger partial charge in [0.15, 0.2) is 0 Å². The summed E-state index contributed by atoms with van der Waals surface area (Å²) in [5.74, 6) is 0.0905. The van der Waals surface area contributed by atoms with E-state index in [2.05, 4.69) is 0 Å². The van der Waals surface area contributed by atoms with Crippen LogP contribution in [0.25, 0.3) is 0 Å². The second-order valence-corrected chi connectivity index (χ2v) is 4.08. The van der Waals surface area contributed by atoms with Gasteiger partial charge in [-0.2, -0.15) is 0 Å². The Balaban J connectivity index is 1.95. The molecule has 0 aromatic carbocycles. The summed E-state index contributed by atoms with van der Waals surface area (Å²) in [6.07, 6.45) is 2.39. The maximum Gasteiger partial charge on any atom is 0.251 e. The van der Waals surface area contributed by atoms with Gasteiger partial charge in [-0.15, -0.1) is 0 Å². The van der Waals surface area contributed by atoms with Crippen molar-refractivity contribution in [3.8, 4) is 0 Å². The third kappa shape index (κ3) is 1.77. The highest BCUT2D eigenvalue weighted by Gasteiger charge is 2.36. The minimum Gasteiger partial charge on any atom is -0.372 e. The molecule has 0 aromatic heterocycles. The molecule has 4 nitrogen and oxygen atoms in total. The highest BCUT2D eigenvalue weighted by molar-refractivity contribution is 5.80. The zero-order chi connectivity index (χ0) is 10.1. The summed E-state index contributed by atoms with van der Waals surface area (Å²) < 4.78 is 10.7. The number of morpholine rings is 1. The van der Waals surface area contributed by atoms with E-state index in [0.717, 1.165) is 25.9 Å². The predicted molar refractivity (Wildman–Crippen MR) is 50.9 cm³/mol. The molecule has 0 saturated carbocycles. The summed E-state index contributed by atoms with van der Waals surface area (Å²) in [4.78, 5) is 13.7. The lowest BCUT2D eigenvalue weighted by Crippen LogP contribution is -2.49.